The van der Waals surface area contributed by atoms with Gasteiger partial charge in [-0.1, -0.05) is 18.2 Å². The van der Waals surface area contributed by atoms with Gasteiger partial charge in [0, 0.05) is 11.1 Å². The zero-order valence-electron chi connectivity index (χ0n) is 14.1. The molecule has 0 radical (unpaired) electrons. The molecule has 2 aromatic carbocycles. The first-order valence-corrected chi connectivity index (χ1v) is 7.37. The Kier molecular flexibility index (Phi) is 5.73. The Hall–Kier alpha value is -3.35. The molecule has 1 amide bonds. The number of carboxylic acids is 1. The number of rotatable bonds is 6. The molecule has 0 aliphatic heterocycles. The van der Waals surface area contributed by atoms with Gasteiger partial charge in [0.15, 0.2) is 11.5 Å². The van der Waals surface area contributed by atoms with Crippen LogP contribution in [-0.4, -0.2) is 37.4 Å². The third kappa shape index (κ3) is 3.95. The number of hydrogen-bond acceptors (Lipinski definition) is 5. The van der Waals surface area contributed by atoms with Crippen LogP contribution in [0, 0.1) is 6.92 Å². The van der Waals surface area contributed by atoms with E-state index in [0.29, 0.717) is 11.3 Å². The van der Waals surface area contributed by atoms with E-state index in [1.807, 2.05) is 19.1 Å². The summed E-state index contributed by atoms with van der Waals surface area (Å²) in [6.45, 7) is 1.81. The largest absolute Gasteiger partial charge is 0.493 e. The summed E-state index contributed by atoms with van der Waals surface area (Å²) in [7, 11) is 2.77. The molecule has 0 aromatic heterocycles. The smallest absolute Gasteiger partial charge is 0.340 e. The van der Waals surface area contributed by atoms with Crippen molar-refractivity contribution in [1.82, 2.24) is 5.43 Å². The summed E-state index contributed by atoms with van der Waals surface area (Å²) in [5.41, 5.74) is 3.86. The van der Waals surface area contributed by atoms with Gasteiger partial charge < -0.3 is 14.6 Å². The minimum absolute atomic E-state index is 0.0872. The van der Waals surface area contributed by atoms with E-state index < -0.39 is 5.97 Å². The number of methoxy groups -OCH3 is 2. The Bertz CT molecular complexity index is 830. The minimum Gasteiger partial charge on any atom is -0.493 e. The fourth-order valence-electron chi connectivity index (χ4n) is 2.32. The van der Waals surface area contributed by atoms with E-state index in [1.54, 1.807) is 18.2 Å². The Balaban J connectivity index is 2.28. The first-order valence-electron chi connectivity index (χ1n) is 7.37. The summed E-state index contributed by atoms with van der Waals surface area (Å²) in [4.78, 5) is 23.7. The van der Waals surface area contributed by atoms with Gasteiger partial charge in [0.05, 0.1) is 20.4 Å². The van der Waals surface area contributed by atoms with E-state index in [-0.39, 0.29) is 22.8 Å². The molecule has 0 atom stereocenters. The molecular weight excluding hydrogens is 324 g/mol. The molecule has 0 aliphatic rings. The van der Waals surface area contributed by atoms with Gasteiger partial charge in [-0.2, -0.15) is 5.10 Å². The van der Waals surface area contributed by atoms with Crippen molar-refractivity contribution >= 4 is 18.1 Å². The number of carboxylic acid groups (broad SMARTS) is 1. The average Bonchev–Trinajstić information content (AvgIpc) is 2.60. The summed E-state index contributed by atoms with van der Waals surface area (Å²) in [5.74, 6) is -1.20. The van der Waals surface area contributed by atoms with Crippen molar-refractivity contribution in [3.8, 4) is 11.5 Å². The molecule has 0 saturated heterocycles. The number of aromatic carboxylic acids is 1. The molecule has 0 unspecified atom stereocenters. The van der Waals surface area contributed by atoms with Gasteiger partial charge in [0.25, 0.3) is 5.91 Å². The maximum Gasteiger partial charge on any atom is 0.340 e. The molecule has 0 saturated carbocycles. The van der Waals surface area contributed by atoms with Crippen LogP contribution in [0.4, 0.5) is 0 Å². The highest BCUT2D eigenvalue weighted by molar-refractivity contribution is 6.02. The number of nitrogens with zero attached hydrogens (tertiary/aromatic N) is 1. The van der Waals surface area contributed by atoms with Crippen molar-refractivity contribution in [3.05, 3.63) is 58.7 Å². The van der Waals surface area contributed by atoms with E-state index in [4.69, 9.17) is 9.47 Å². The van der Waals surface area contributed by atoms with Gasteiger partial charge in [-0.15, -0.1) is 0 Å². The SMILES string of the molecule is COc1ccc(/C=N\NC(=O)c2ccccc2C)c(C(=O)O)c1OC. The molecule has 130 valence electrons. The predicted octanol–water partition coefficient (Wildman–Crippen LogP) is 2.47. The van der Waals surface area contributed by atoms with E-state index >= 15 is 0 Å². The van der Waals surface area contributed by atoms with Crippen molar-refractivity contribution in [2.45, 2.75) is 6.92 Å². The molecule has 7 heteroatoms. The summed E-state index contributed by atoms with van der Waals surface area (Å²) in [6, 6.07) is 10.2. The van der Waals surface area contributed by atoms with Crippen molar-refractivity contribution in [3.63, 3.8) is 0 Å². The molecular formula is C18H18N2O5. The highest BCUT2D eigenvalue weighted by Gasteiger charge is 2.20. The van der Waals surface area contributed by atoms with Crippen LogP contribution < -0.4 is 14.9 Å². The molecule has 7 nitrogen and oxygen atoms in total. The van der Waals surface area contributed by atoms with Crippen LogP contribution in [0.25, 0.3) is 0 Å². The summed E-state index contributed by atoms with van der Waals surface area (Å²) in [6.07, 6.45) is 1.25. The van der Waals surface area contributed by atoms with Crippen molar-refractivity contribution in [2.75, 3.05) is 14.2 Å². The number of hydrazone groups is 1. The summed E-state index contributed by atoms with van der Waals surface area (Å²) in [5, 5.41) is 13.3. The average molecular weight is 342 g/mol. The van der Waals surface area contributed by atoms with Gasteiger partial charge >= 0.3 is 5.97 Å². The lowest BCUT2D eigenvalue weighted by Crippen LogP contribution is -2.19. The summed E-state index contributed by atoms with van der Waals surface area (Å²) >= 11 is 0. The van der Waals surface area contributed by atoms with E-state index in [0.717, 1.165) is 5.56 Å². The molecule has 0 heterocycles. The van der Waals surface area contributed by atoms with Crippen LogP contribution in [-0.2, 0) is 0 Å². The van der Waals surface area contributed by atoms with Crippen LogP contribution in [0.3, 0.4) is 0 Å². The first kappa shape index (κ1) is 18.0. The number of carbonyl (C=O) groups is 2. The van der Waals surface area contributed by atoms with Crippen molar-refractivity contribution in [1.29, 1.82) is 0 Å². The maximum absolute atomic E-state index is 12.1. The van der Waals surface area contributed by atoms with Crippen LogP contribution in [0.15, 0.2) is 41.5 Å². The van der Waals surface area contributed by atoms with Gasteiger partial charge in [-0.3, -0.25) is 4.79 Å². The third-order valence-electron chi connectivity index (χ3n) is 3.55. The monoisotopic (exact) mass is 342 g/mol. The minimum atomic E-state index is -1.19. The topological polar surface area (TPSA) is 97.2 Å². The zero-order valence-corrected chi connectivity index (χ0v) is 14.1. The molecule has 2 rings (SSSR count). The fraction of sp³-hybridized carbons (Fsp3) is 0.167. The van der Waals surface area contributed by atoms with E-state index in [2.05, 4.69) is 10.5 Å². The number of hydrogen-bond donors (Lipinski definition) is 2. The first-order chi connectivity index (χ1) is 12.0. The van der Waals surface area contributed by atoms with Gasteiger partial charge in [0.1, 0.15) is 5.56 Å². The molecule has 0 spiro atoms. The van der Waals surface area contributed by atoms with Gasteiger partial charge in [0.2, 0.25) is 0 Å². The maximum atomic E-state index is 12.1. The Morgan fingerprint density at radius 2 is 1.84 bits per heavy atom. The van der Waals surface area contributed by atoms with Crippen LogP contribution in [0.5, 0.6) is 11.5 Å². The predicted molar refractivity (Wildman–Crippen MR) is 92.7 cm³/mol. The highest BCUT2D eigenvalue weighted by atomic mass is 16.5. The second-order valence-electron chi connectivity index (χ2n) is 5.08. The van der Waals surface area contributed by atoms with Crippen molar-refractivity contribution in [2.24, 2.45) is 5.10 Å². The zero-order chi connectivity index (χ0) is 18.4. The lowest BCUT2D eigenvalue weighted by Gasteiger charge is -2.12. The van der Waals surface area contributed by atoms with Crippen LogP contribution in [0.1, 0.15) is 31.8 Å². The molecule has 25 heavy (non-hydrogen) atoms. The lowest BCUT2D eigenvalue weighted by molar-refractivity contribution is 0.0692. The lowest BCUT2D eigenvalue weighted by atomic mass is 10.1. The second kappa shape index (κ2) is 7.96. The normalized spacial score (nSPS) is 10.5. The van der Waals surface area contributed by atoms with Crippen LogP contribution in [0.2, 0.25) is 0 Å². The van der Waals surface area contributed by atoms with Crippen molar-refractivity contribution < 1.29 is 24.2 Å². The van der Waals surface area contributed by atoms with Gasteiger partial charge in [-0.25, -0.2) is 10.2 Å². The highest BCUT2D eigenvalue weighted by Crippen LogP contribution is 2.32. The molecule has 2 aromatic rings. The number of aryl methyl sites for hydroxylation is 1. The standard InChI is InChI=1S/C18H18N2O5/c1-11-6-4-5-7-13(11)17(21)20-19-10-12-8-9-14(24-2)16(25-3)15(12)18(22)23/h4-10H,1-3H3,(H,20,21)(H,22,23)/b19-10-. The molecule has 0 bridgehead atoms. The van der Waals surface area contributed by atoms with Gasteiger partial charge in [-0.05, 0) is 30.7 Å². The number of amides is 1. The molecule has 0 aliphatic carbocycles. The Morgan fingerprint density at radius 1 is 1.12 bits per heavy atom. The number of benzene rings is 2. The molecule has 2 N–H and O–H groups in total. The quantitative estimate of drug-likeness (QED) is 0.621. The number of ether oxygens (including phenoxy) is 2. The Morgan fingerprint density at radius 3 is 2.44 bits per heavy atom. The fourth-order valence-corrected chi connectivity index (χ4v) is 2.32. The number of nitrogens with one attached hydrogen (secondary N) is 1. The third-order valence-corrected chi connectivity index (χ3v) is 3.55. The number of carbonyl (C=O) groups excluding carboxylic acids is 1. The summed E-state index contributed by atoms with van der Waals surface area (Å²) < 4.78 is 10.2. The second-order valence-corrected chi connectivity index (χ2v) is 5.08. The van der Waals surface area contributed by atoms with E-state index in [1.165, 1.54) is 26.5 Å². The molecule has 0 fully saturated rings. The van der Waals surface area contributed by atoms with Crippen LogP contribution >= 0.6 is 0 Å². The Labute approximate surface area is 144 Å². The van der Waals surface area contributed by atoms with E-state index in [9.17, 15) is 14.7 Å².